The van der Waals surface area contributed by atoms with Crippen molar-refractivity contribution in [2.24, 2.45) is 5.92 Å². The molecule has 0 bridgehead atoms. The van der Waals surface area contributed by atoms with Gasteiger partial charge in [-0.15, -0.1) is 0 Å². The third kappa shape index (κ3) is 6.02. The minimum absolute atomic E-state index is 0.0249. The maximum Gasteiger partial charge on any atom is 0.229 e. The van der Waals surface area contributed by atoms with Crippen LogP contribution >= 0.6 is 12.2 Å². The van der Waals surface area contributed by atoms with E-state index in [1.165, 1.54) is 6.42 Å². The van der Waals surface area contributed by atoms with E-state index in [-0.39, 0.29) is 11.8 Å². The third-order valence-electron chi connectivity index (χ3n) is 3.79. The summed E-state index contributed by atoms with van der Waals surface area (Å²) in [6.45, 7) is 6.20. The molecule has 0 aromatic heterocycles. The highest BCUT2D eigenvalue weighted by Gasteiger charge is 2.21. The van der Waals surface area contributed by atoms with Crippen LogP contribution < -0.4 is 15.4 Å². The third-order valence-corrected chi connectivity index (χ3v) is 3.99. The molecule has 4 nitrogen and oxygen atoms in total. The maximum absolute atomic E-state index is 12.2. The topological polar surface area (TPSA) is 50.4 Å². The van der Waals surface area contributed by atoms with Crippen molar-refractivity contribution in [3.05, 3.63) is 36.4 Å². The molecule has 0 radical (unpaired) electrons. The number of benzene rings is 1. The van der Waals surface area contributed by atoms with Crippen LogP contribution in [0, 0.1) is 5.92 Å². The van der Waals surface area contributed by atoms with Crippen molar-refractivity contribution in [1.82, 2.24) is 5.32 Å². The SMILES string of the molecule is C=C(C)COc1cccc(NC(=S)NC(=O)C2CCCCC2)c1. The molecule has 0 heterocycles. The van der Waals surface area contributed by atoms with Crippen LogP contribution in [0.1, 0.15) is 39.0 Å². The van der Waals surface area contributed by atoms with Crippen LogP contribution in [0.3, 0.4) is 0 Å². The van der Waals surface area contributed by atoms with Crippen molar-refractivity contribution in [3.8, 4) is 5.75 Å². The second kappa shape index (κ2) is 8.67. The smallest absolute Gasteiger partial charge is 0.229 e. The second-order valence-corrected chi connectivity index (χ2v) is 6.46. The van der Waals surface area contributed by atoms with E-state index in [1.54, 1.807) is 0 Å². The summed E-state index contributed by atoms with van der Waals surface area (Å²) in [6, 6.07) is 7.48. The highest BCUT2D eigenvalue weighted by Crippen LogP contribution is 2.23. The van der Waals surface area contributed by atoms with Crippen molar-refractivity contribution in [2.45, 2.75) is 39.0 Å². The molecular weight excluding hydrogens is 308 g/mol. The molecule has 0 saturated heterocycles. The number of ether oxygens (including phenoxy) is 1. The number of nitrogens with one attached hydrogen (secondary N) is 2. The van der Waals surface area contributed by atoms with Gasteiger partial charge < -0.3 is 15.4 Å². The van der Waals surface area contributed by atoms with Gasteiger partial charge in [-0.25, -0.2) is 0 Å². The molecule has 1 saturated carbocycles. The molecule has 1 fully saturated rings. The summed E-state index contributed by atoms with van der Waals surface area (Å²) in [7, 11) is 0. The molecule has 23 heavy (non-hydrogen) atoms. The van der Waals surface area contributed by atoms with Crippen LogP contribution in [0.4, 0.5) is 5.69 Å². The van der Waals surface area contributed by atoms with E-state index in [9.17, 15) is 4.79 Å². The molecule has 0 unspecified atom stereocenters. The number of carbonyl (C=O) groups excluding carboxylic acids is 1. The molecule has 1 aliphatic rings. The molecule has 2 rings (SSSR count). The lowest BCUT2D eigenvalue weighted by Crippen LogP contribution is -2.38. The van der Waals surface area contributed by atoms with Crippen molar-refractivity contribution in [1.29, 1.82) is 0 Å². The van der Waals surface area contributed by atoms with Gasteiger partial charge in [-0.1, -0.05) is 31.9 Å². The summed E-state index contributed by atoms with van der Waals surface area (Å²) in [6.07, 6.45) is 5.39. The van der Waals surface area contributed by atoms with E-state index < -0.39 is 0 Å². The van der Waals surface area contributed by atoms with Crippen LogP contribution in [0.5, 0.6) is 5.75 Å². The van der Waals surface area contributed by atoms with E-state index in [1.807, 2.05) is 31.2 Å². The van der Waals surface area contributed by atoms with Crippen LogP contribution in [-0.2, 0) is 4.79 Å². The van der Waals surface area contributed by atoms with Gasteiger partial charge in [0.1, 0.15) is 12.4 Å². The Morgan fingerprint density at radius 1 is 1.35 bits per heavy atom. The summed E-state index contributed by atoms with van der Waals surface area (Å²) < 4.78 is 5.60. The molecule has 2 N–H and O–H groups in total. The summed E-state index contributed by atoms with van der Waals surface area (Å²) in [4.78, 5) is 12.2. The first-order valence-corrected chi connectivity index (χ1v) is 8.44. The Labute approximate surface area is 143 Å². The molecule has 1 aromatic rings. The Kier molecular flexibility index (Phi) is 6.59. The monoisotopic (exact) mass is 332 g/mol. The van der Waals surface area contributed by atoms with Crippen molar-refractivity contribution in [2.75, 3.05) is 11.9 Å². The molecule has 0 atom stereocenters. The van der Waals surface area contributed by atoms with Gasteiger partial charge in [-0.2, -0.15) is 0 Å². The van der Waals surface area contributed by atoms with Crippen LogP contribution in [-0.4, -0.2) is 17.6 Å². The first kappa shape index (κ1) is 17.5. The van der Waals surface area contributed by atoms with E-state index in [2.05, 4.69) is 17.2 Å². The zero-order valence-electron chi connectivity index (χ0n) is 13.6. The molecule has 5 heteroatoms. The van der Waals surface area contributed by atoms with Gasteiger partial charge in [0, 0.05) is 17.7 Å². The van der Waals surface area contributed by atoms with Gasteiger partial charge in [-0.3, -0.25) is 4.79 Å². The lowest BCUT2D eigenvalue weighted by molar-refractivity contribution is -0.124. The summed E-state index contributed by atoms with van der Waals surface area (Å²) in [5, 5.41) is 6.16. The zero-order valence-corrected chi connectivity index (χ0v) is 14.4. The Morgan fingerprint density at radius 3 is 2.78 bits per heavy atom. The average Bonchev–Trinajstić information content (AvgIpc) is 2.54. The minimum Gasteiger partial charge on any atom is -0.489 e. The number of hydrogen-bond acceptors (Lipinski definition) is 3. The van der Waals surface area contributed by atoms with Gasteiger partial charge >= 0.3 is 0 Å². The Hall–Kier alpha value is -1.88. The molecule has 0 spiro atoms. The number of carbonyl (C=O) groups is 1. The molecule has 0 aliphatic heterocycles. The Morgan fingerprint density at radius 2 is 2.09 bits per heavy atom. The fraction of sp³-hybridized carbons (Fsp3) is 0.444. The lowest BCUT2D eigenvalue weighted by atomic mass is 9.89. The fourth-order valence-corrected chi connectivity index (χ4v) is 2.83. The molecular formula is C18H24N2O2S. The average molecular weight is 332 g/mol. The predicted molar refractivity (Wildman–Crippen MR) is 97.7 cm³/mol. The summed E-state index contributed by atoms with van der Waals surface area (Å²) in [5.41, 5.74) is 1.75. The molecule has 1 aromatic carbocycles. The van der Waals surface area contributed by atoms with Crippen LogP contribution in [0.15, 0.2) is 36.4 Å². The zero-order chi connectivity index (χ0) is 16.7. The highest BCUT2D eigenvalue weighted by molar-refractivity contribution is 7.80. The number of rotatable bonds is 5. The quantitative estimate of drug-likeness (QED) is 0.631. The number of amides is 1. The molecule has 1 aliphatic carbocycles. The Bertz CT molecular complexity index is 580. The second-order valence-electron chi connectivity index (χ2n) is 6.05. The first-order chi connectivity index (χ1) is 11.0. The fourth-order valence-electron chi connectivity index (χ4n) is 2.61. The summed E-state index contributed by atoms with van der Waals surface area (Å²) in [5.74, 6) is 0.852. The van der Waals surface area contributed by atoms with Crippen LogP contribution in [0.2, 0.25) is 0 Å². The highest BCUT2D eigenvalue weighted by atomic mass is 32.1. The normalized spacial score (nSPS) is 14.8. The van der Waals surface area contributed by atoms with E-state index >= 15 is 0 Å². The van der Waals surface area contributed by atoms with Gasteiger partial charge in [0.05, 0.1) is 0 Å². The van der Waals surface area contributed by atoms with Gasteiger partial charge in [0.2, 0.25) is 5.91 Å². The standard InChI is InChI=1S/C18H24N2O2S/c1-13(2)12-22-16-10-6-9-15(11-16)19-18(23)20-17(21)14-7-4-3-5-8-14/h6,9-11,14H,1,3-5,7-8,12H2,2H3,(H2,19,20,21,23). The van der Waals surface area contributed by atoms with Crippen molar-refractivity contribution >= 4 is 28.9 Å². The van der Waals surface area contributed by atoms with E-state index in [4.69, 9.17) is 17.0 Å². The van der Waals surface area contributed by atoms with Gasteiger partial charge in [0.25, 0.3) is 0 Å². The van der Waals surface area contributed by atoms with Crippen molar-refractivity contribution < 1.29 is 9.53 Å². The van der Waals surface area contributed by atoms with Crippen LogP contribution in [0.25, 0.3) is 0 Å². The predicted octanol–water partition coefficient (Wildman–Crippen LogP) is 4.03. The number of hydrogen-bond donors (Lipinski definition) is 2. The summed E-state index contributed by atoms with van der Waals surface area (Å²) >= 11 is 5.23. The minimum atomic E-state index is 0.0249. The Balaban J connectivity index is 1.85. The largest absolute Gasteiger partial charge is 0.489 e. The van der Waals surface area contributed by atoms with Gasteiger partial charge in [0.15, 0.2) is 5.11 Å². The van der Waals surface area contributed by atoms with Crippen molar-refractivity contribution in [3.63, 3.8) is 0 Å². The lowest BCUT2D eigenvalue weighted by Gasteiger charge is -2.21. The number of anilines is 1. The van der Waals surface area contributed by atoms with E-state index in [0.717, 1.165) is 42.7 Å². The first-order valence-electron chi connectivity index (χ1n) is 8.03. The molecule has 1 amide bonds. The maximum atomic E-state index is 12.2. The molecule has 124 valence electrons. The number of thiocarbonyl (C=S) groups is 1. The van der Waals surface area contributed by atoms with Gasteiger partial charge in [-0.05, 0) is 49.7 Å². The van der Waals surface area contributed by atoms with E-state index in [0.29, 0.717) is 11.7 Å².